The van der Waals surface area contributed by atoms with E-state index in [1.807, 2.05) is 24.3 Å². The molecule has 0 aromatic heterocycles. The average Bonchev–Trinajstić information content (AvgIpc) is 2.67. The molecular formula is C15H24N2O2S. The molecule has 0 aliphatic heterocycles. The predicted molar refractivity (Wildman–Crippen MR) is 81.6 cm³/mol. The molecule has 2 rings (SSSR count). The van der Waals surface area contributed by atoms with Gasteiger partial charge >= 0.3 is 0 Å². The Kier molecular flexibility index (Phi) is 5.57. The molecule has 0 saturated heterocycles. The zero-order valence-corrected chi connectivity index (χ0v) is 12.7. The van der Waals surface area contributed by atoms with Crippen LogP contribution in [0.5, 0.6) is 0 Å². The highest BCUT2D eigenvalue weighted by Gasteiger charge is 2.20. The van der Waals surface area contributed by atoms with E-state index in [-0.39, 0.29) is 11.8 Å². The maximum atomic E-state index is 12.3. The zero-order chi connectivity index (χ0) is 14.4. The van der Waals surface area contributed by atoms with Crippen molar-refractivity contribution >= 4 is 10.0 Å². The van der Waals surface area contributed by atoms with Crippen LogP contribution in [0.1, 0.15) is 49.7 Å². The Hall–Kier alpha value is -0.910. The minimum Gasteiger partial charge on any atom is -0.326 e. The van der Waals surface area contributed by atoms with Crippen molar-refractivity contribution in [3.8, 4) is 0 Å². The van der Waals surface area contributed by atoms with Crippen LogP contribution in [-0.4, -0.2) is 14.5 Å². The highest BCUT2D eigenvalue weighted by molar-refractivity contribution is 7.88. The van der Waals surface area contributed by atoms with Gasteiger partial charge in [-0.05, 0) is 24.0 Å². The van der Waals surface area contributed by atoms with E-state index in [1.165, 1.54) is 12.8 Å². The Bertz CT molecular complexity index is 520. The molecule has 0 heterocycles. The van der Waals surface area contributed by atoms with Gasteiger partial charge in [-0.25, -0.2) is 13.1 Å². The number of sulfonamides is 1. The second kappa shape index (κ2) is 7.20. The van der Waals surface area contributed by atoms with E-state index >= 15 is 0 Å². The lowest BCUT2D eigenvalue weighted by Gasteiger charge is -2.17. The normalized spacial score (nSPS) is 17.9. The molecule has 0 radical (unpaired) electrons. The Labute approximate surface area is 121 Å². The molecule has 1 aliphatic rings. The van der Waals surface area contributed by atoms with E-state index in [9.17, 15) is 8.42 Å². The van der Waals surface area contributed by atoms with E-state index in [4.69, 9.17) is 5.73 Å². The summed E-state index contributed by atoms with van der Waals surface area (Å²) in [5, 5.41) is 0. The maximum Gasteiger partial charge on any atom is 0.216 e. The minimum atomic E-state index is -3.29. The van der Waals surface area contributed by atoms with E-state index in [0.717, 1.165) is 36.8 Å². The van der Waals surface area contributed by atoms with Crippen LogP contribution in [0.3, 0.4) is 0 Å². The Balaban J connectivity index is 2.03. The topological polar surface area (TPSA) is 72.2 Å². The third-order valence-electron chi connectivity index (χ3n) is 3.89. The highest BCUT2D eigenvalue weighted by atomic mass is 32.2. The lowest BCUT2D eigenvalue weighted by molar-refractivity contribution is 0.509. The summed E-state index contributed by atoms with van der Waals surface area (Å²) in [5.41, 5.74) is 7.36. The number of benzene rings is 1. The summed E-state index contributed by atoms with van der Waals surface area (Å²) in [6.45, 7) is 0.370. The lowest BCUT2D eigenvalue weighted by atomic mass is 10.1. The van der Waals surface area contributed by atoms with E-state index in [1.54, 1.807) is 0 Å². The van der Waals surface area contributed by atoms with Crippen LogP contribution in [0, 0.1) is 0 Å². The smallest absolute Gasteiger partial charge is 0.216 e. The van der Waals surface area contributed by atoms with Crippen LogP contribution in [0.25, 0.3) is 0 Å². The van der Waals surface area contributed by atoms with Gasteiger partial charge in [-0.1, -0.05) is 49.9 Å². The molecule has 1 aromatic rings. The zero-order valence-electron chi connectivity index (χ0n) is 11.8. The number of hydrogen-bond donors (Lipinski definition) is 2. The van der Waals surface area contributed by atoms with E-state index < -0.39 is 10.0 Å². The number of rotatable bonds is 5. The first kappa shape index (κ1) is 15.5. The fourth-order valence-corrected chi connectivity index (χ4v) is 4.31. The molecule has 5 heteroatoms. The Morgan fingerprint density at radius 1 is 1.05 bits per heavy atom. The summed E-state index contributed by atoms with van der Waals surface area (Å²) in [6, 6.07) is 7.57. The summed E-state index contributed by atoms with van der Waals surface area (Å²) >= 11 is 0. The van der Waals surface area contributed by atoms with Crippen LogP contribution in [0.15, 0.2) is 24.3 Å². The van der Waals surface area contributed by atoms with Crippen molar-refractivity contribution in [2.24, 2.45) is 5.73 Å². The Morgan fingerprint density at radius 3 is 2.25 bits per heavy atom. The maximum absolute atomic E-state index is 12.3. The first-order valence-corrected chi connectivity index (χ1v) is 9.03. The molecular weight excluding hydrogens is 272 g/mol. The van der Waals surface area contributed by atoms with Gasteiger partial charge in [0.05, 0.1) is 5.75 Å². The van der Waals surface area contributed by atoms with Gasteiger partial charge in [0.15, 0.2) is 0 Å². The summed E-state index contributed by atoms with van der Waals surface area (Å²) in [6.07, 6.45) is 6.58. The van der Waals surface area contributed by atoms with Gasteiger partial charge in [-0.2, -0.15) is 0 Å². The van der Waals surface area contributed by atoms with Crippen molar-refractivity contribution in [3.63, 3.8) is 0 Å². The third-order valence-corrected chi connectivity index (χ3v) is 5.27. The molecule has 0 bridgehead atoms. The second-order valence-corrected chi connectivity index (χ2v) is 7.29. The van der Waals surface area contributed by atoms with Crippen molar-refractivity contribution < 1.29 is 8.42 Å². The minimum absolute atomic E-state index is 0.0247. The SMILES string of the molecule is NCc1ccccc1CS(=O)(=O)NC1CCCCCC1. The second-order valence-electron chi connectivity index (χ2n) is 5.54. The van der Waals surface area contributed by atoms with E-state index in [0.29, 0.717) is 6.54 Å². The molecule has 1 aromatic carbocycles. The number of nitrogens with one attached hydrogen (secondary N) is 1. The number of nitrogens with two attached hydrogens (primary N) is 1. The summed E-state index contributed by atoms with van der Waals surface area (Å²) in [4.78, 5) is 0. The molecule has 0 spiro atoms. The van der Waals surface area contributed by atoms with Gasteiger partial charge in [0.1, 0.15) is 0 Å². The van der Waals surface area contributed by atoms with Crippen molar-refractivity contribution in [2.45, 2.75) is 56.9 Å². The summed E-state index contributed by atoms with van der Waals surface area (Å²) < 4.78 is 27.5. The van der Waals surface area contributed by atoms with Gasteiger partial charge in [-0.15, -0.1) is 0 Å². The first-order chi connectivity index (χ1) is 9.61. The molecule has 1 fully saturated rings. The fourth-order valence-electron chi connectivity index (χ4n) is 2.79. The van der Waals surface area contributed by atoms with Gasteiger partial charge in [0, 0.05) is 12.6 Å². The summed E-state index contributed by atoms with van der Waals surface area (Å²) in [7, 11) is -3.29. The quantitative estimate of drug-likeness (QED) is 0.819. The first-order valence-electron chi connectivity index (χ1n) is 7.37. The molecule has 112 valence electrons. The average molecular weight is 296 g/mol. The van der Waals surface area contributed by atoms with Gasteiger partial charge < -0.3 is 5.73 Å². The van der Waals surface area contributed by atoms with E-state index in [2.05, 4.69) is 4.72 Å². The van der Waals surface area contributed by atoms with Gasteiger partial charge in [-0.3, -0.25) is 0 Å². The highest BCUT2D eigenvalue weighted by Crippen LogP contribution is 2.19. The van der Waals surface area contributed by atoms with Crippen molar-refractivity contribution in [2.75, 3.05) is 0 Å². The molecule has 1 saturated carbocycles. The van der Waals surface area contributed by atoms with Crippen LogP contribution in [0.2, 0.25) is 0 Å². The third kappa shape index (κ3) is 4.58. The van der Waals surface area contributed by atoms with Crippen LogP contribution < -0.4 is 10.5 Å². The van der Waals surface area contributed by atoms with Crippen LogP contribution >= 0.6 is 0 Å². The monoisotopic (exact) mass is 296 g/mol. The molecule has 1 aliphatic carbocycles. The predicted octanol–water partition coefficient (Wildman–Crippen LogP) is 2.29. The molecule has 3 N–H and O–H groups in total. The fraction of sp³-hybridized carbons (Fsp3) is 0.600. The van der Waals surface area contributed by atoms with Gasteiger partial charge in [0.25, 0.3) is 0 Å². The molecule has 4 nitrogen and oxygen atoms in total. The van der Waals surface area contributed by atoms with Crippen molar-refractivity contribution in [1.29, 1.82) is 0 Å². The molecule has 20 heavy (non-hydrogen) atoms. The van der Waals surface area contributed by atoms with Crippen LogP contribution in [0.4, 0.5) is 0 Å². The standard InChI is InChI=1S/C15H24N2O2S/c16-11-13-7-5-6-8-14(13)12-20(18,19)17-15-9-3-1-2-4-10-15/h5-8,15,17H,1-4,9-12,16H2. The van der Waals surface area contributed by atoms with Crippen LogP contribution in [-0.2, 0) is 22.3 Å². The molecule has 0 amide bonds. The van der Waals surface area contributed by atoms with Crippen molar-refractivity contribution in [3.05, 3.63) is 35.4 Å². The Morgan fingerprint density at radius 2 is 1.65 bits per heavy atom. The largest absolute Gasteiger partial charge is 0.326 e. The molecule has 0 atom stereocenters. The summed E-state index contributed by atoms with van der Waals surface area (Å²) in [5.74, 6) is 0.0247. The lowest BCUT2D eigenvalue weighted by Crippen LogP contribution is -2.35. The van der Waals surface area contributed by atoms with Gasteiger partial charge in [0.2, 0.25) is 10.0 Å². The number of hydrogen-bond acceptors (Lipinski definition) is 3. The molecule has 0 unspecified atom stereocenters. The van der Waals surface area contributed by atoms with Crippen molar-refractivity contribution in [1.82, 2.24) is 4.72 Å².